The van der Waals surface area contributed by atoms with Crippen LogP contribution in [0.25, 0.3) is 0 Å². The van der Waals surface area contributed by atoms with Gasteiger partial charge in [0, 0.05) is 6.42 Å². The molecule has 6 heteroatoms. The van der Waals surface area contributed by atoms with Crippen molar-refractivity contribution in [1.29, 1.82) is 0 Å². The molecule has 63 heavy (non-hydrogen) atoms. The first-order valence-electron chi connectivity index (χ1n) is 28.4. The average molecular weight is 891 g/mol. The lowest BCUT2D eigenvalue weighted by atomic mass is 10.0. The third-order valence-electron chi connectivity index (χ3n) is 13.3. The lowest BCUT2D eigenvalue weighted by Gasteiger charge is -2.24. The van der Waals surface area contributed by atoms with E-state index in [4.69, 9.17) is 4.74 Å². The van der Waals surface area contributed by atoms with E-state index in [0.29, 0.717) is 19.3 Å². The smallest absolute Gasteiger partial charge is 0.306 e. The number of nitrogens with one attached hydrogen (secondary N) is 1. The number of rotatable bonds is 52. The van der Waals surface area contributed by atoms with Crippen molar-refractivity contribution in [1.82, 2.24) is 5.32 Å². The second-order valence-electron chi connectivity index (χ2n) is 19.7. The Morgan fingerprint density at radius 1 is 0.444 bits per heavy atom. The summed E-state index contributed by atoms with van der Waals surface area (Å²) in [5.41, 5.74) is 0. The first-order chi connectivity index (χ1) is 31.0. The maximum Gasteiger partial charge on any atom is 0.306 e. The highest BCUT2D eigenvalue weighted by Gasteiger charge is 2.24. The topological polar surface area (TPSA) is 95.9 Å². The summed E-state index contributed by atoms with van der Waals surface area (Å²) in [5.74, 6) is -0.482. The van der Waals surface area contributed by atoms with E-state index in [1.54, 1.807) is 0 Å². The molecule has 0 aliphatic carbocycles. The van der Waals surface area contributed by atoms with Crippen molar-refractivity contribution >= 4 is 11.9 Å². The van der Waals surface area contributed by atoms with E-state index in [2.05, 4.69) is 38.2 Å². The number of aliphatic hydroxyl groups excluding tert-OH is 2. The number of hydrogen-bond donors (Lipinski definition) is 3. The van der Waals surface area contributed by atoms with E-state index in [-0.39, 0.29) is 24.9 Å². The number of esters is 1. The van der Waals surface area contributed by atoms with Crippen LogP contribution in [0, 0.1) is 0 Å². The SMILES string of the molecule is CCCCCCCCC/C=C\CCCC(CC(=O)NC(CO)C(O)CCCCCCCCCCCCCCCCC)OC(=O)CCCCCCCCCCCCCCCCCCC. The number of aliphatic hydroxyl groups is 2. The Balaban J connectivity index is 4.47. The zero-order chi connectivity index (χ0) is 45.9. The molecule has 0 saturated carbocycles. The molecule has 6 nitrogen and oxygen atoms in total. The third kappa shape index (κ3) is 46.9. The highest BCUT2D eigenvalue weighted by atomic mass is 16.5. The highest BCUT2D eigenvalue weighted by molar-refractivity contribution is 5.77. The number of carbonyl (C=O) groups excluding carboxylic acids is 2. The Morgan fingerprint density at radius 3 is 1.16 bits per heavy atom. The van der Waals surface area contributed by atoms with Gasteiger partial charge in [-0.25, -0.2) is 0 Å². The van der Waals surface area contributed by atoms with E-state index in [1.165, 1.54) is 218 Å². The van der Waals surface area contributed by atoms with Crippen LogP contribution in [0.5, 0.6) is 0 Å². The molecule has 0 radical (unpaired) electrons. The Morgan fingerprint density at radius 2 is 0.778 bits per heavy atom. The first-order valence-corrected chi connectivity index (χ1v) is 28.4. The van der Waals surface area contributed by atoms with E-state index in [0.717, 1.165) is 51.4 Å². The van der Waals surface area contributed by atoms with Crippen LogP contribution in [-0.2, 0) is 14.3 Å². The lowest BCUT2D eigenvalue weighted by molar-refractivity contribution is -0.151. The molecule has 0 spiro atoms. The Kier molecular flexibility index (Phi) is 50.4. The van der Waals surface area contributed by atoms with Gasteiger partial charge in [-0.3, -0.25) is 9.59 Å². The average Bonchev–Trinajstić information content (AvgIpc) is 3.28. The summed E-state index contributed by atoms with van der Waals surface area (Å²) in [6, 6.07) is -0.704. The molecule has 0 rings (SSSR count). The molecular formula is C57H111NO5. The van der Waals surface area contributed by atoms with E-state index in [9.17, 15) is 19.8 Å². The van der Waals surface area contributed by atoms with Crippen LogP contribution < -0.4 is 5.32 Å². The van der Waals surface area contributed by atoms with Crippen LogP contribution >= 0.6 is 0 Å². The summed E-state index contributed by atoms with van der Waals surface area (Å²) in [6.07, 6.45) is 58.5. The van der Waals surface area contributed by atoms with Crippen molar-refractivity contribution in [3.63, 3.8) is 0 Å². The molecule has 0 aliphatic heterocycles. The zero-order valence-electron chi connectivity index (χ0n) is 42.7. The van der Waals surface area contributed by atoms with E-state index < -0.39 is 18.2 Å². The minimum atomic E-state index is -0.789. The van der Waals surface area contributed by atoms with Crippen molar-refractivity contribution < 1.29 is 24.5 Å². The molecule has 0 fully saturated rings. The number of hydrogen-bond acceptors (Lipinski definition) is 5. The van der Waals surface area contributed by atoms with Crippen molar-refractivity contribution in [3.8, 4) is 0 Å². The molecule has 0 aromatic heterocycles. The third-order valence-corrected chi connectivity index (χ3v) is 13.3. The van der Waals surface area contributed by atoms with Gasteiger partial charge in [-0.15, -0.1) is 0 Å². The molecule has 3 atom stereocenters. The molecule has 1 amide bonds. The van der Waals surface area contributed by atoms with Gasteiger partial charge in [0.15, 0.2) is 0 Å². The summed E-state index contributed by atoms with van der Waals surface area (Å²) < 4.78 is 5.94. The van der Waals surface area contributed by atoms with Crippen LogP contribution in [0.3, 0.4) is 0 Å². The molecule has 0 aromatic rings. The monoisotopic (exact) mass is 890 g/mol. The van der Waals surface area contributed by atoms with Gasteiger partial charge in [0.1, 0.15) is 6.10 Å². The van der Waals surface area contributed by atoms with Crippen LogP contribution in [0.1, 0.15) is 316 Å². The van der Waals surface area contributed by atoms with Gasteiger partial charge >= 0.3 is 5.97 Å². The Bertz CT molecular complexity index is 955. The van der Waals surface area contributed by atoms with Crippen LogP contribution in [0.4, 0.5) is 0 Å². The second kappa shape index (κ2) is 51.6. The summed E-state index contributed by atoms with van der Waals surface area (Å²) in [6.45, 7) is 6.51. The molecule has 0 aromatic carbocycles. The fourth-order valence-electron chi connectivity index (χ4n) is 9.02. The van der Waals surface area contributed by atoms with Crippen molar-refractivity contribution in [2.75, 3.05) is 6.61 Å². The maximum atomic E-state index is 13.2. The van der Waals surface area contributed by atoms with Gasteiger partial charge < -0.3 is 20.3 Å². The number of allylic oxidation sites excluding steroid dienone is 2. The Labute approximate surface area is 393 Å². The fourth-order valence-corrected chi connectivity index (χ4v) is 9.02. The summed E-state index contributed by atoms with van der Waals surface area (Å²) in [4.78, 5) is 26.2. The number of ether oxygens (including phenoxy) is 1. The molecular weight excluding hydrogens is 779 g/mol. The Hall–Kier alpha value is -1.40. The number of carbonyl (C=O) groups is 2. The second-order valence-corrected chi connectivity index (χ2v) is 19.7. The summed E-state index contributed by atoms with van der Waals surface area (Å²) in [5, 5.41) is 23.8. The van der Waals surface area contributed by atoms with Gasteiger partial charge in [-0.05, 0) is 44.9 Å². The van der Waals surface area contributed by atoms with Gasteiger partial charge in [-0.2, -0.15) is 0 Å². The van der Waals surface area contributed by atoms with E-state index >= 15 is 0 Å². The molecule has 3 unspecified atom stereocenters. The van der Waals surface area contributed by atoms with Crippen molar-refractivity contribution in [2.45, 2.75) is 334 Å². The van der Waals surface area contributed by atoms with Crippen molar-refractivity contribution in [2.24, 2.45) is 0 Å². The highest BCUT2D eigenvalue weighted by Crippen LogP contribution is 2.18. The zero-order valence-corrected chi connectivity index (χ0v) is 42.7. The first kappa shape index (κ1) is 61.6. The number of unbranched alkanes of at least 4 members (excludes halogenated alkanes) is 38. The van der Waals surface area contributed by atoms with Crippen LogP contribution in [0.2, 0.25) is 0 Å². The summed E-state index contributed by atoms with van der Waals surface area (Å²) in [7, 11) is 0. The normalized spacial score (nSPS) is 13.2. The van der Waals surface area contributed by atoms with E-state index in [1.807, 2.05) is 0 Å². The predicted octanol–water partition coefficient (Wildman–Crippen LogP) is 17.3. The van der Waals surface area contributed by atoms with Crippen molar-refractivity contribution in [3.05, 3.63) is 12.2 Å². The maximum absolute atomic E-state index is 13.2. The van der Waals surface area contributed by atoms with Gasteiger partial charge in [0.05, 0.1) is 25.2 Å². The largest absolute Gasteiger partial charge is 0.462 e. The molecule has 374 valence electrons. The quantitative estimate of drug-likeness (QED) is 0.0321. The molecule has 3 N–H and O–H groups in total. The minimum absolute atomic E-state index is 0.0642. The fraction of sp³-hybridized carbons (Fsp3) is 0.930. The minimum Gasteiger partial charge on any atom is -0.462 e. The molecule has 0 heterocycles. The molecule has 0 bridgehead atoms. The summed E-state index contributed by atoms with van der Waals surface area (Å²) >= 11 is 0. The van der Waals surface area contributed by atoms with Crippen LogP contribution in [-0.4, -0.2) is 46.9 Å². The van der Waals surface area contributed by atoms with Gasteiger partial charge in [0.25, 0.3) is 0 Å². The standard InChI is InChI=1S/C57H111NO5/c1-4-7-10-13-16-19-22-25-27-28-30-32-35-38-41-44-47-50-57(62)63-53(48-45-42-39-36-33-24-21-18-15-12-9-6-3)51-56(61)58-54(52-59)55(60)49-46-43-40-37-34-31-29-26-23-20-17-14-11-8-5-2/h36,39,53-55,59-60H,4-35,37-38,40-52H2,1-3H3,(H,58,61)/b39-36-. The van der Waals surface area contributed by atoms with Gasteiger partial charge in [0.2, 0.25) is 5.91 Å². The predicted molar refractivity (Wildman–Crippen MR) is 273 cm³/mol. The molecule has 0 aliphatic rings. The number of amides is 1. The van der Waals surface area contributed by atoms with Gasteiger partial charge in [-0.1, -0.05) is 270 Å². The molecule has 0 saturated heterocycles. The lowest BCUT2D eigenvalue weighted by Crippen LogP contribution is -2.46. The van der Waals surface area contributed by atoms with Crippen LogP contribution in [0.15, 0.2) is 12.2 Å².